The van der Waals surface area contributed by atoms with E-state index in [9.17, 15) is 0 Å². The second-order valence-electron chi connectivity index (χ2n) is 11.0. The number of fused-ring (bicyclic) bond motifs is 9. The minimum absolute atomic E-state index is 0.872. The molecule has 0 bridgehead atoms. The lowest BCUT2D eigenvalue weighted by Gasteiger charge is -2.11. The minimum Gasteiger partial charge on any atom is -0.309 e. The highest BCUT2D eigenvalue weighted by atomic mass is 15.0. The highest BCUT2D eigenvalue weighted by Gasteiger charge is 2.15. The Kier molecular flexibility index (Phi) is 5.20. The first-order chi connectivity index (χ1) is 21.3. The molecule has 0 radical (unpaired) electrons. The first kappa shape index (κ1) is 23.9. The molecule has 9 aromatic rings. The highest BCUT2D eigenvalue weighted by molar-refractivity contribution is 6.23. The molecule has 7 aromatic carbocycles. The zero-order valence-corrected chi connectivity index (χ0v) is 23.3. The van der Waals surface area contributed by atoms with E-state index < -0.39 is 0 Å². The van der Waals surface area contributed by atoms with Crippen molar-refractivity contribution in [2.45, 2.75) is 0 Å². The smallest absolute Gasteiger partial charge is 0.0979 e. The molecule has 3 heteroatoms. The van der Waals surface area contributed by atoms with Crippen LogP contribution in [0.15, 0.2) is 152 Å². The van der Waals surface area contributed by atoms with Crippen molar-refractivity contribution in [2.24, 2.45) is 0 Å². The van der Waals surface area contributed by atoms with E-state index in [1.165, 1.54) is 43.8 Å². The number of nitrogens with zero attached hydrogens (tertiary/aromatic N) is 3. The fourth-order valence-electron chi connectivity index (χ4n) is 6.63. The van der Waals surface area contributed by atoms with Crippen LogP contribution in [0.1, 0.15) is 0 Å². The molecular weight excluding hydrogens is 522 g/mol. The summed E-state index contributed by atoms with van der Waals surface area (Å²) in [6.45, 7) is 0. The normalized spacial score (nSPS) is 11.7. The zero-order chi connectivity index (χ0) is 28.3. The topological polar surface area (TPSA) is 30.7 Å². The molecule has 0 saturated carbocycles. The van der Waals surface area contributed by atoms with Crippen molar-refractivity contribution in [2.75, 3.05) is 0 Å². The number of benzene rings is 7. The molecule has 0 N–H and O–H groups in total. The van der Waals surface area contributed by atoms with E-state index in [0.717, 1.165) is 38.6 Å². The Bertz CT molecular complexity index is 2470. The number of hydrogen-bond donors (Lipinski definition) is 0. The third kappa shape index (κ3) is 3.68. The van der Waals surface area contributed by atoms with Crippen LogP contribution in [0.2, 0.25) is 0 Å². The van der Waals surface area contributed by atoms with E-state index >= 15 is 0 Å². The first-order valence-electron chi connectivity index (χ1n) is 14.6. The van der Waals surface area contributed by atoms with Gasteiger partial charge < -0.3 is 4.57 Å². The van der Waals surface area contributed by atoms with Crippen LogP contribution in [-0.2, 0) is 0 Å². The van der Waals surface area contributed by atoms with Gasteiger partial charge >= 0.3 is 0 Å². The Balaban J connectivity index is 1.21. The second kappa shape index (κ2) is 9.37. The summed E-state index contributed by atoms with van der Waals surface area (Å²) in [5.41, 5.74) is 9.71. The van der Waals surface area contributed by atoms with Crippen molar-refractivity contribution in [3.05, 3.63) is 152 Å². The number of rotatable bonds is 3. The minimum atomic E-state index is 0.872. The van der Waals surface area contributed by atoms with Crippen molar-refractivity contribution in [3.8, 4) is 28.1 Å². The van der Waals surface area contributed by atoms with E-state index in [1.54, 1.807) is 0 Å². The lowest BCUT2D eigenvalue weighted by Crippen LogP contribution is -1.93. The third-order valence-corrected chi connectivity index (χ3v) is 8.61. The summed E-state index contributed by atoms with van der Waals surface area (Å²) in [7, 11) is 0. The predicted octanol–water partition coefficient (Wildman–Crippen LogP) is 10.4. The SMILES string of the molecule is c1ccc(-n2c3ccccc3c3cc(-c4cccc(-c5cnc6c7ccccc7c7ccccc7c6n5)c4)ccc32)cc1. The monoisotopic (exact) mass is 547 g/mol. The zero-order valence-electron chi connectivity index (χ0n) is 23.3. The van der Waals surface area contributed by atoms with E-state index in [4.69, 9.17) is 9.97 Å². The van der Waals surface area contributed by atoms with Crippen LogP contribution in [0.5, 0.6) is 0 Å². The average Bonchev–Trinajstić information content (AvgIpc) is 3.42. The molecule has 0 aliphatic carbocycles. The van der Waals surface area contributed by atoms with E-state index in [2.05, 4.69) is 150 Å². The third-order valence-electron chi connectivity index (χ3n) is 8.61. The molecule has 2 heterocycles. The first-order valence-corrected chi connectivity index (χ1v) is 14.6. The summed E-state index contributed by atoms with van der Waals surface area (Å²) in [5.74, 6) is 0. The standard InChI is InChI=1S/C40H25N3/c1-2-13-29(14-3-1)43-37-20-9-8-17-32(37)35-24-27(21-22-38(35)43)26-11-10-12-28(23-26)36-25-41-39-33-18-6-4-15-30(33)31-16-5-7-19-34(31)40(39)42-36/h1-25H. The summed E-state index contributed by atoms with van der Waals surface area (Å²) in [4.78, 5) is 10.2. The van der Waals surface area contributed by atoms with Gasteiger partial charge in [0.2, 0.25) is 0 Å². The van der Waals surface area contributed by atoms with Gasteiger partial charge in [0.05, 0.1) is 34.0 Å². The fraction of sp³-hybridized carbons (Fsp3) is 0. The Morgan fingerprint density at radius 1 is 0.395 bits per heavy atom. The molecule has 0 aliphatic heterocycles. The van der Waals surface area contributed by atoms with E-state index in [-0.39, 0.29) is 0 Å². The molecule has 9 rings (SSSR count). The Morgan fingerprint density at radius 2 is 1.00 bits per heavy atom. The van der Waals surface area contributed by atoms with E-state index in [0.29, 0.717) is 0 Å². The summed E-state index contributed by atoms with van der Waals surface area (Å²) >= 11 is 0. The average molecular weight is 548 g/mol. The van der Waals surface area contributed by atoms with Crippen molar-refractivity contribution in [1.29, 1.82) is 0 Å². The molecular formula is C40H25N3. The van der Waals surface area contributed by atoms with Gasteiger partial charge in [0, 0.05) is 32.8 Å². The Hall–Kier alpha value is -5.80. The van der Waals surface area contributed by atoms with Gasteiger partial charge in [-0.15, -0.1) is 0 Å². The molecule has 0 fully saturated rings. The molecule has 2 aromatic heterocycles. The summed E-state index contributed by atoms with van der Waals surface area (Å²) in [6, 6.07) is 51.7. The fourth-order valence-corrected chi connectivity index (χ4v) is 6.63. The molecule has 0 spiro atoms. The number of hydrogen-bond acceptors (Lipinski definition) is 2. The van der Waals surface area contributed by atoms with Crippen LogP contribution < -0.4 is 0 Å². The maximum absolute atomic E-state index is 5.22. The summed E-state index contributed by atoms with van der Waals surface area (Å²) < 4.78 is 2.35. The van der Waals surface area contributed by atoms with Crippen molar-refractivity contribution < 1.29 is 0 Å². The van der Waals surface area contributed by atoms with Crippen LogP contribution in [0.4, 0.5) is 0 Å². The van der Waals surface area contributed by atoms with Gasteiger partial charge in [0.15, 0.2) is 0 Å². The van der Waals surface area contributed by atoms with Crippen LogP contribution in [0.25, 0.3) is 82.5 Å². The van der Waals surface area contributed by atoms with Gasteiger partial charge in [-0.1, -0.05) is 109 Å². The van der Waals surface area contributed by atoms with Crippen molar-refractivity contribution in [1.82, 2.24) is 14.5 Å². The van der Waals surface area contributed by atoms with Gasteiger partial charge in [-0.25, -0.2) is 4.98 Å². The maximum atomic E-state index is 5.22. The predicted molar refractivity (Wildman–Crippen MR) is 180 cm³/mol. The van der Waals surface area contributed by atoms with Crippen LogP contribution in [0.3, 0.4) is 0 Å². The largest absolute Gasteiger partial charge is 0.309 e. The molecule has 43 heavy (non-hydrogen) atoms. The van der Waals surface area contributed by atoms with Gasteiger partial charge in [-0.2, -0.15) is 0 Å². The molecule has 0 aliphatic rings. The highest BCUT2D eigenvalue weighted by Crippen LogP contribution is 2.37. The number of aromatic nitrogens is 3. The van der Waals surface area contributed by atoms with Crippen molar-refractivity contribution in [3.63, 3.8) is 0 Å². The molecule has 3 nitrogen and oxygen atoms in total. The molecule has 0 atom stereocenters. The van der Waals surface area contributed by atoms with Gasteiger partial charge in [0.25, 0.3) is 0 Å². The van der Waals surface area contributed by atoms with Crippen molar-refractivity contribution >= 4 is 54.4 Å². The quantitative estimate of drug-likeness (QED) is 0.206. The maximum Gasteiger partial charge on any atom is 0.0979 e. The Labute approximate surface area is 248 Å². The van der Waals surface area contributed by atoms with Crippen LogP contribution >= 0.6 is 0 Å². The molecule has 0 saturated heterocycles. The number of para-hydroxylation sites is 2. The van der Waals surface area contributed by atoms with Crippen LogP contribution in [0, 0.1) is 0 Å². The lowest BCUT2D eigenvalue weighted by atomic mass is 9.98. The summed E-state index contributed by atoms with van der Waals surface area (Å²) in [6.07, 6.45) is 1.92. The molecule has 0 amide bonds. The van der Waals surface area contributed by atoms with Gasteiger partial charge in [-0.05, 0) is 58.3 Å². The van der Waals surface area contributed by atoms with E-state index in [1.807, 2.05) is 6.20 Å². The van der Waals surface area contributed by atoms with Crippen LogP contribution in [-0.4, -0.2) is 14.5 Å². The second-order valence-corrected chi connectivity index (χ2v) is 11.0. The van der Waals surface area contributed by atoms with Gasteiger partial charge in [0.1, 0.15) is 0 Å². The lowest BCUT2D eigenvalue weighted by molar-refractivity contribution is 1.18. The van der Waals surface area contributed by atoms with Gasteiger partial charge in [-0.3, -0.25) is 4.98 Å². The molecule has 0 unspecified atom stereocenters. The molecule has 200 valence electrons. The Morgan fingerprint density at radius 3 is 1.79 bits per heavy atom. The summed E-state index contributed by atoms with van der Waals surface area (Å²) in [5, 5.41) is 7.16.